The first-order valence-corrected chi connectivity index (χ1v) is 7.12. The molecule has 3 rings (SSSR count). The van der Waals surface area contributed by atoms with Crippen molar-refractivity contribution >= 4 is 28.9 Å². The molecule has 0 unspecified atom stereocenters. The third kappa shape index (κ3) is 2.97. The molecule has 0 atom stereocenters. The van der Waals surface area contributed by atoms with E-state index in [1.54, 1.807) is 18.2 Å². The van der Waals surface area contributed by atoms with Crippen molar-refractivity contribution < 1.29 is 9.90 Å². The average Bonchev–Trinajstić information content (AvgIpc) is 2.59. The van der Waals surface area contributed by atoms with Crippen molar-refractivity contribution in [3.63, 3.8) is 0 Å². The molecule has 0 aliphatic heterocycles. The van der Waals surface area contributed by atoms with Crippen LogP contribution < -0.4 is 0 Å². The fourth-order valence-corrected chi connectivity index (χ4v) is 2.51. The van der Waals surface area contributed by atoms with Crippen LogP contribution in [0, 0.1) is 11.3 Å². The van der Waals surface area contributed by atoms with Gasteiger partial charge in [0.15, 0.2) is 0 Å². The lowest BCUT2D eigenvalue weighted by Crippen LogP contribution is -1.97. The lowest BCUT2D eigenvalue weighted by atomic mass is 9.99. The van der Waals surface area contributed by atoms with E-state index < -0.39 is 5.97 Å². The lowest BCUT2D eigenvalue weighted by Gasteiger charge is -2.06. The van der Waals surface area contributed by atoms with Gasteiger partial charge in [-0.1, -0.05) is 54.6 Å². The number of hydrogen-bond donors (Lipinski definition) is 1. The Balaban J connectivity index is 2.03. The van der Waals surface area contributed by atoms with E-state index in [0.29, 0.717) is 11.1 Å². The second kappa shape index (κ2) is 6.17. The molecule has 0 aromatic heterocycles. The molecule has 0 radical (unpaired) electrons. The monoisotopic (exact) mass is 299 g/mol. The van der Waals surface area contributed by atoms with Gasteiger partial charge >= 0.3 is 5.97 Å². The summed E-state index contributed by atoms with van der Waals surface area (Å²) < 4.78 is 0. The van der Waals surface area contributed by atoms with Crippen LogP contribution in [0.3, 0.4) is 0 Å². The molecule has 0 saturated carbocycles. The van der Waals surface area contributed by atoms with Gasteiger partial charge in [0.25, 0.3) is 0 Å². The van der Waals surface area contributed by atoms with Gasteiger partial charge in [-0.3, -0.25) is 0 Å². The molecule has 0 saturated heterocycles. The van der Waals surface area contributed by atoms with Gasteiger partial charge < -0.3 is 5.11 Å². The quantitative estimate of drug-likeness (QED) is 0.720. The Morgan fingerprint density at radius 3 is 2.26 bits per heavy atom. The minimum atomic E-state index is -0.927. The minimum absolute atomic E-state index is 0.302. The average molecular weight is 299 g/mol. The second-order valence-corrected chi connectivity index (χ2v) is 5.12. The van der Waals surface area contributed by atoms with Gasteiger partial charge in [-0.05, 0) is 40.1 Å². The molecule has 3 heteroatoms. The zero-order chi connectivity index (χ0) is 16.2. The van der Waals surface area contributed by atoms with Crippen LogP contribution in [0.25, 0.3) is 22.9 Å². The molecule has 0 amide bonds. The maximum Gasteiger partial charge on any atom is 0.336 e. The Kier molecular flexibility index (Phi) is 3.90. The van der Waals surface area contributed by atoms with Crippen LogP contribution in [0.5, 0.6) is 0 Å². The first kappa shape index (κ1) is 14.6. The standard InChI is InChI=1S/C20H13NO2/c21-13-15-7-5-14(6-8-15)9-10-16-11-12-19(20(22)23)18-4-2-1-3-17(16)18/h1-12H,(H,22,23). The van der Waals surface area contributed by atoms with Crippen molar-refractivity contribution in [2.45, 2.75) is 0 Å². The third-order valence-corrected chi connectivity index (χ3v) is 3.68. The van der Waals surface area contributed by atoms with Crippen LogP contribution in [0.15, 0.2) is 60.7 Å². The highest BCUT2D eigenvalue weighted by Gasteiger charge is 2.09. The van der Waals surface area contributed by atoms with E-state index in [0.717, 1.165) is 21.9 Å². The Morgan fingerprint density at radius 2 is 1.61 bits per heavy atom. The van der Waals surface area contributed by atoms with Crippen molar-refractivity contribution in [1.29, 1.82) is 5.26 Å². The highest BCUT2D eigenvalue weighted by molar-refractivity contribution is 6.06. The topological polar surface area (TPSA) is 61.1 Å². The zero-order valence-electron chi connectivity index (χ0n) is 12.2. The Hall–Kier alpha value is -3.38. The maximum absolute atomic E-state index is 11.3. The summed E-state index contributed by atoms with van der Waals surface area (Å²) in [5.74, 6) is -0.927. The van der Waals surface area contributed by atoms with Gasteiger partial charge in [-0.2, -0.15) is 5.26 Å². The molecule has 0 fully saturated rings. The molecule has 23 heavy (non-hydrogen) atoms. The van der Waals surface area contributed by atoms with Crippen LogP contribution in [-0.4, -0.2) is 11.1 Å². The van der Waals surface area contributed by atoms with E-state index in [2.05, 4.69) is 6.07 Å². The van der Waals surface area contributed by atoms with Gasteiger partial charge in [0.05, 0.1) is 17.2 Å². The number of carbonyl (C=O) groups is 1. The summed E-state index contributed by atoms with van der Waals surface area (Å²) in [6.45, 7) is 0. The number of fused-ring (bicyclic) bond motifs is 1. The molecule has 0 aliphatic rings. The van der Waals surface area contributed by atoms with Gasteiger partial charge in [-0.15, -0.1) is 0 Å². The van der Waals surface area contributed by atoms with Crippen LogP contribution in [0.2, 0.25) is 0 Å². The van der Waals surface area contributed by atoms with E-state index in [1.165, 1.54) is 0 Å². The number of carboxylic acid groups (broad SMARTS) is 1. The van der Waals surface area contributed by atoms with Crippen molar-refractivity contribution in [3.05, 3.63) is 82.9 Å². The van der Waals surface area contributed by atoms with Gasteiger partial charge in [0.2, 0.25) is 0 Å². The Morgan fingerprint density at radius 1 is 0.913 bits per heavy atom. The fraction of sp³-hybridized carbons (Fsp3) is 0. The van der Waals surface area contributed by atoms with E-state index in [4.69, 9.17) is 5.26 Å². The van der Waals surface area contributed by atoms with Crippen LogP contribution in [0.4, 0.5) is 0 Å². The van der Waals surface area contributed by atoms with Crippen molar-refractivity contribution in [2.75, 3.05) is 0 Å². The summed E-state index contributed by atoms with van der Waals surface area (Å²) in [6, 6.07) is 20.3. The number of carboxylic acids is 1. The summed E-state index contributed by atoms with van der Waals surface area (Å²) >= 11 is 0. The fourth-order valence-electron chi connectivity index (χ4n) is 2.51. The van der Waals surface area contributed by atoms with Crippen LogP contribution >= 0.6 is 0 Å². The third-order valence-electron chi connectivity index (χ3n) is 3.68. The predicted octanol–water partition coefficient (Wildman–Crippen LogP) is 4.58. The molecule has 0 bridgehead atoms. The smallest absolute Gasteiger partial charge is 0.336 e. The van der Waals surface area contributed by atoms with E-state index >= 15 is 0 Å². The minimum Gasteiger partial charge on any atom is -0.478 e. The molecular weight excluding hydrogens is 286 g/mol. The number of hydrogen-bond acceptors (Lipinski definition) is 2. The molecule has 1 N–H and O–H groups in total. The maximum atomic E-state index is 11.3. The first-order valence-electron chi connectivity index (χ1n) is 7.12. The molecule has 0 spiro atoms. The lowest BCUT2D eigenvalue weighted by molar-refractivity contribution is 0.0699. The summed E-state index contributed by atoms with van der Waals surface area (Å²) in [4.78, 5) is 11.3. The van der Waals surface area contributed by atoms with Crippen molar-refractivity contribution in [3.8, 4) is 6.07 Å². The molecule has 0 heterocycles. The van der Waals surface area contributed by atoms with Gasteiger partial charge in [0, 0.05) is 0 Å². The van der Waals surface area contributed by atoms with Crippen molar-refractivity contribution in [1.82, 2.24) is 0 Å². The molecular formula is C20H13NO2. The highest BCUT2D eigenvalue weighted by atomic mass is 16.4. The number of nitriles is 1. The normalized spacial score (nSPS) is 10.7. The first-order chi connectivity index (χ1) is 11.2. The van der Waals surface area contributed by atoms with Crippen LogP contribution in [-0.2, 0) is 0 Å². The Labute approximate surface area is 133 Å². The van der Waals surface area contributed by atoms with Crippen molar-refractivity contribution in [2.24, 2.45) is 0 Å². The number of nitrogens with zero attached hydrogens (tertiary/aromatic N) is 1. The molecule has 110 valence electrons. The predicted molar refractivity (Wildman–Crippen MR) is 91.0 cm³/mol. The van der Waals surface area contributed by atoms with Crippen LogP contribution in [0.1, 0.15) is 27.0 Å². The Bertz CT molecular complexity index is 948. The second-order valence-electron chi connectivity index (χ2n) is 5.12. The molecule has 3 aromatic rings. The summed E-state index contributed by atoms with van der Waals surface area (Å²) in [6.07, 6.45) is 3.90. The van der Waals surface area contributed by atoms with E-state index in [9.17, 15) is 9.90 Å². The SMILES string of the molecule is N#Cc1ccc(C=Cc2ccc(C(=O)O)c3ccccc23)cc1. The van der Waals surface area contributed by atoms with E-state index in [1.807, 2.05) is 54.6 Å². The molecule has 0 aliphatic carbocycles. The number of rotatable bonds is 3. The molecule has 3 aromatic carbocycles. The van der Waals surface area contributed by atoms with Gasteiger partial charge in [-0.25, -0.2) is 4.79 Å². The molecule has 3 nitrogen and oxygen atoms in total. The largest absolute Gasteiger partial charge is 0.478 e. The highest BCUT2D eigenvalue weighted by Crippen LogP contribution is 2.24. The zero-order valence-corrected chi connectivity index (χ0v) is 12.2. The van der Waals surface area contributed by atoms with E-state index in [-0.39, 0.29) is 0 Å². The van der Waals surface area contributed by atoms with Gasteiger partial charge in [0.1, 0.15) is 0 Å². The summed E-state index contributed by atoms with van der Waals surface area (Å²) in [7, 11) is 0. The summed E-state index contributed by atoms with van der Waals surface area (Å²) in [5.41, 5.74) is 2.86. The number of benzene rings is 3. The number of aromatic carboxylic acids is 1. The summed E-state index contributed by atoms with van der Waals surface area (Å²) in [5, 5.41) is 19.7.